The van der Waals surface area contributed by atoms with E-state index in [-0.39, 0.29) is 11.6 Å². The van der Waals surface area contributed by atoms with E-state index in [1.807, 2.05) is 35.7 Å². The van der Waals surface area contributed by atoms with Gasteiger partial charge in [-0.1, -0.05) is 30.3 Å². The Hall–Kier alpha value is -2.92. The number of aromatic hydroxyl groups is 1. The predicted octanol–water partition coefficient (Wildman–Crippen LogP) is 5.42. The molecule has 0 aliphatic heterocycles. The van der Waals surface area contributed by atoms with Gasteiger partial charge in [-0.05, 0) is 41.1 Å². The highest BCUT2D eigenvalue weighted by Gasteiger charge is 2.09. The zero-order chi connectivity index (χ0) is 17.2. The van der Waals surface area contributed by atoms with Crippen LogP contribution in [-0.4, -0.2) is 10.1 Å². The van der Waals surface area contributed by atoms with Crippen molar-refractivity contribution in [2.45, 2.75) is 6.54 Å². The first-order valence-electron chi connectivity index (χ1n) is 7.85. The summed E-state index contributed by atoms with van der Waals surface area (Å²) in [4.78, 5) is 4.54. The molecular weight excluding hydrogens is 335 g/mol. The van der Waals surface area contributed by atoms with Crippen molar-refractivity contribution in [2.75, 3.05) is 5.32 Å². The molecule has 4 aromatic rings. The average Bonchev–Trinajstić information content (AvgIpc) is 3.10. The Bertz CT molecular complexity index is 1030. The molecule has 0 radical (unpaired) electrons. The number of nitrogens with zero attached hydrogens (tertiary/aromatic N) is 1. The summed E-state index contributed by atoms with van der Waals surface area (Å²) in [5.41, 5.74) is 2.52. The van der Waals surface area contributed by atoms with Gasteiger partial charge in [-0.25, -0.2) is 9.37 Å². The number of benzene rings is 3. The summed E-state index contributed by atoms with van der Waals surface area (Å²) >= 11 is 1.48. The lowest BCUT2D eigenvalue weighted by molar-refractivity contribution is 0.470. The number of hydrogen-bond acceptors (Lipinski definition) is 4. The Morgan fingerprint density at radius 3 is 2.64 bits per heavy atom. The molecule has 1 aromatic heterocycles. The topological polar surface area (TPSA) is 45.1 Å². The van der Waals surface area contributed by atoms with Crippen LogP contribution in [0.2, 0.25) is 0 Å². The Labute approximate surface area is 148 Å². The number of halogens is 1. The van der Waals surface area contributed by atoms with Crippen LogP contribution in [0.5, 0.6) is 5.75 Å². The highest BCUT2D eigenvalue weighted by molar-refractivity contribution is 7.14. The van der Waals surface area contributed by atoms with Gasteiger partial charge in [0.05, 0.1) is 5.69 Å². The third-order valence-electron chi connectivity index (χ3n) is 4.08. The maximum absolute atomic E-state index is 13.0. The van der Waals surface area contributed by atoms with E-state index in [2.05, 4.69) is 10.3 Å². The smallest absolute Gasteiger partial charge is 0.183 e. The van der Waals surface area contributed by atoms with E-state index < -0.39 is 0 Å². The Kier molecular flexibility index (Phi) is 4.07. The summed E-state index contributed by atoms with van der Waals surface area (Å²) in [6, 6.07) is 17.9. The molecule has 0 saturated carbocycles. The van der Waals surface area contributed by atoms with Gasteiger partial charge in [-0.15, -0.1) is 11.3 Å². The Morgan fingerprint density at radius 1 is 1.00 bits per heavy atom. The number of hydrogen-bond donors (Lipinski definition) is 2. The molecule has 0 saturated heterocycles. The zero-order valence-electron chi connectivity index (χ0n) is 13.2. The minimum atomic E-state index is -0.260. The van der Waals surface area contributed by atoms with Crippen molar-refractivity contribution in [3.8, 4) is 17.0 Å². The third-order valence-corrected chi connectivity index (χ3v) is 4.88. The van der Waals surface area contributed by atoms with Gasteiger partial charge >= 0.3 is 0 Å². The second-order valence-electron chi connectivity index (χ2n) is 5.68. The number of aromatic nitrogens is 1. The van der Waals surface area contributed by atoms with E-state index >= 15 is 0 Å². The van der Waals surface area contributed by atoms with Gasteiger partial charge in [-0.2, -0.15) is 0 Å². The highest BCUT2D eigenvalue weighted by atomic mass is 32.1. The largest absolute Gasteiger partial charge is 0.508 e. The third kappa shape index (κ3) is 3.19. The standard InChI is InChI=1S/C20H15FN2OS/c21-15-8-5-14(6-9-15)18-12-25-20(23-18)22-11-17-16-4-2-1-3-13(16)7-10-19(17)24/h1-10,12,24H,11H2,(H,22,23). The molecule has 3 nitrogen and oxygen atoms in total. The molecule has 0 amide bonds. The first kappa shape index (κ1) is 15.6. The van der Waals surface area contributed by atoms with E-state index in [9.17, 15) is 9.50 Å². The van der Waals surface area contributed by atoms with Crippen molar-refractivity contribution in [3.63, 3.8) is 0 Å². The fourth-order valence-electron chi connectivity index (χ4n) is 2.78. The fourth-order valence-corrected chi connectivity index (χ4v) is 3.50. The Morgan fingerprint density at radius 2 is 1.80 bits per heavy atom. The molecule has 0 spiro atoms. The number of nitrogens with one attached hydrogen (secondary N) is 1. The van der Waals surface area contributed by atoms with Gasteiger partial charge in [-0.3, -0.25) is 0 Å². The summed E-state index contributed by atoms with van der Waals surface area (Å²) in [6.45, 7) is 0.476. The second kappa shape index (κ2) is 6.53. The van der Waals surface area contributed by atoms with Crippen molar-refractivity contribution < 1.29 is 9.50 Å². The van der Waals surface area contributed by atoms with Crippen molar-refractivity contribution in [2.24, 2.45) is 0 Å². The first-order chi connectivity index (χ1) is 12.2. The fraction of sp³-hybridized carbons (Fsp3) is 0.0500. The lowest BCUT2D eigenvalue weighted by Crippen LogP contribution is -2.00. The molecule has 0 unspecified atom stereocenters. The SMILES string of the molecule is Oc1ccc2ccccc2c1CNc1nc(-c2ccc(F)cc2)cs1. The summed E-state index contributed by atoms with van der Waals surface area (Å²) in [6.07, 6.45) is 0. The molecular formula is C20H15FN2OS. The van der Waals surface area contributed by atoms with Crippen LogP contribution in [-0.2, 0) is 6.54 Å². The number of rotatable bonds is 4. The normalized spacial score (nSPS) is 10.9. The minimum Gasteiger partial charge on any atom is -0.508 e. The summed E-state index contributed by atoms with van der Waals surface area (Å²) in [7, 11) is 0. The molecule has 25 heavy (non-hydrogen) atoms. The molecule has 3 aromatic carbocycles. The van der Waals surface area contributed by atoms with Gasteiger partial charge in [0.1, 0.15) is 11.6 Å². The summed E-state index contributed by atoms with van der Waals surface area (Å²) < 4.78 is 13.0. The number of fused-ring (bicyclic) bond motifs is 1. The molecule has 2 N–H and O–H groups in total. The average molecular weight is 350 g/mol. The van der Waals surface area contributed by atoms with Crippen LogP contribution in [0.25, 0.3) is 22.0 Å². The van der Waals surface area contributed by atoms with Crippen LogP contribution in [0.4, 0.5) is 9.52 Å². The van der Waals surface area contributed by atoms with Crippen molar-refractivity contribution in [1.29, 1.82) is 0 Å². The number of phenolic OH excluding ortho intramolecular Hbond substituents is 1. The lowest BCUT2D eigenvalue weighted by Gasteiger charge is -2.09. The molecule has 0 fully saturated rings. The van der Waals surface area contributed by atoms with Crippen LogP contribution in [0, 0.1) is 5.82 Å². The molecule has 0 bridgehead atoms. The molecule has 0 aliphatic rings. The Balaban J connectivity index is 1.56. The van der Waals surface area contributed by atoms with E-state index in [0.29, 0.717) is 6.54 Å². The first-order valence-corrected chi connectivity index (χ1v) is 8.73. The van der Waals surface area contributed by atoms with Gasteiger partial charge in [0.15, 0.2) is 5.13 Å². The molecule has 124 valence electrons. The van der Waals surface area contributed by atoms with E-state index in [1.165, 1.54) is 23.5 Å². The zero-order valence-corrected chi connectivity index (χ0v) is 14.1. The summed E-state index contributed by atoms with van der Waals surface area (Å²) in [5.74, 6) is 0.00488. The maximum Gasteiger partial charge on any atom is 0.183 e. The van der Waals surface area contributed by atoms with Crippen molar-refractivity contribution in [3.05, 3.63) is 77.4 Å². The lowest BCUT2D eigenvalue weighted by atomic mass is 10.0. The maximum atomic E-state index is 13.0. The number of phenols is 1. The van der Waals surface area contributed by atoms with E-state index in [1.54, 1.807) is 18.2 Å². The minimum absolute atomic E-state index is 0.260. The second-order valence-corrected chi connectivity index (χ2v) is 6.54. The van der Waals surface area contributed by atoms with Crippen LogP contribution < -0.4 is 5.32 Å². The van der Waals surface area contributed by atoms with Crippen molar-refractivity contribution in [1.82, 2.24) is 4.98 Å². The van der Waals surface area contributed by atoms with Gasteiger partial charge in [0, 0.05) is 23.1 Å². The van der Waals surface area contributed by atoms with E-state index in [4.69, 9.17) is 0 Å². The van der Waals surface area contributed by atoms with Crippen LogP contribution in [0.15, 0.2) is 66.0 Å². The summed E-state index contributed by atoms with van der Waals surface area (Å²) in [5, 5.41) is 18.3. The number of thiazole rings is 1. The number of anilines is 1. The molecule has 0 aliphatic carbocycles. The van der Waals surface area contributed by atoms with Gasteiger partial charge in [0.2, 0.25) is 0 Å². The highest BCUT2D eigenvalue weighted by Crippen LogP contribution is 2.29. The van der Waals surface area contributed by atoms with E-state index in [0.717, 1.165) is 32.7 Å². The van der Waals surface area contributed by atoms with Crippen molar-refractivity contribution >= 4 is 27.2 Å². The molecule has 4 rings (SSSR count). The molecule has 1 heterocycles. The van der Waals surface area contributed by atoms with Gasteiger partial charge < -0.3 is 10.4 Å². The molecule has 0 atom stereocenters. The molecule has 5 heteroatoms. The van der Waals surface area contributed by atoms with Crippen LogP contribution in [0.1, 0.15) is 5.56 Å². The predicted molar refractivity (Wildman–Crippen MR) is 100 cm³/mol. The monoisotopic (exact) mass is 350 g/mol. The van der Waals surface area contributed by atoms with Gasteiger partial charge in [0.25, 0.3) is 0 Å². The van der Waals surface area contributed by atoms with Crippen LogP contribution >= 0.6 is 11.3 Å². The van der Waals surface area contributed by atoms with Crippen LogP contribution in [0.3, 0.4) is 0 Å². The quantitative estimate of drug-likeness (QED) is 0.516.